The molecule has 0 aromatic heterocycles. The van der Waals surface area contributed by atoms with E-state index in [1.165, 1.54) is 11.9 Å². The maximum Gasteiger partial charge on any atom is 0.327 e. The number of piperazine rings is 1. The van der Waals surface area contributed by atoms with Crippen LogP contribution in [0.15, 0.2) is 0 Å². The van der Waals surface area contributed by atoms with E-state index in [0.717, 1.165) is 18.0 Å². The molecule has 1 saturated heterocycles. The second-order valence-electron chi connectivity index (χ2n) is 3.76. The van der Waals surface area contributed by atoms with E-state index >= 15 is 0 Å². The van der Waals surface area contributed by atoms with Gasteiger partial charge in [-0.15, -0.1) is 12.4 Å². The number of rotatable bonds is 0. The summed E-state index contributed by atoms with van der Waals surface area (Å²) in [6.45, 7) is 2.89. The van der Waals surface area contributed by atoms with Crippen LogP contribution in [0.1, 0.15) is 0 Å². The summed E-state index contributed by atoms with van der Waals surface area (Å²) < 4.78 is 0. The number of nitrogens with zero attached hydrogens (tertiary/aromatic N) is 3. The van der Waals surface area contributed by atoms with Crippen LogP contribution in [-0.2, 0) is 0 Å². The van der Waals surface area contributed by atoms with Gasteiger partial charge in [-0.3, -0.25) is 0 Å². The Morgan fingerprint density at radius 2 is 1.62 bits per heavy atom. The number of carbonyl (C=O) groups is 2. The zero-order chi connectivity index (χ0) is 11.4. The molecule has 0 aromatic carbocycles. The minimum absolute atomic E-state index is 0. The second kappa shape index (κ2) is 6.55. The van der Waals surface area contributed by atoms with Crippen LogP contribution >= 0.6 is 12.4 Å². The summed E-state index contributed by atoms with van der Waals surface area (Å²) in [6.07, 6.45) is 0. The summed E-state index contributed by atoms with van der Waals surface area (Å²) >= 11 is 0. The van der Waals surface area contributed by atoms with Gasteiger partial charge in [-0.05, 0) is 0 Å². The Labute approximate surface area is 102 Å². The van der Waals surface area contributed by atoms with Crippen molar-refractivity contribution < 1.29 is 9.59 Å². The molecule has 0 bridgehead atoms. The molecule has 1 N–H and O–H groups in total. The lowest BCUT2D eigenvalue weighted by Crippen LogP contribution is -2.53. The molecular weight excluding hydrogens is 232 g/mol. The molecule has 1 heterocycles. The molecule has 94 valence electrons. The molecule has 1 fully saturated rings. The zero-order valence-corrected chi connectivity index (χ0v) is 10.7. The molecule has 4 amide bonds. The first kappa shape index (κ1) is 15.0. The van der Waals surface area contributed by atoms with Crippen LogP contribution in [-0.4, -0.2) is 74.1 Å². The Kier molecular flexibility index (Phi) is 6.13. The highest BCUT2D eigenvalue weighted by molar-refractivity contribution is 5.93. The van der Waals surface area contributed by atoms with Crippen LogP contribution in [0.25, 0.3) is 0 Å². The van der Waals surface area contributed by atoms with Crippen LogP contribution in [0.3, 0.4) is 0 Å². The lowest BCUT2D eigenvalue weighted by atomic mass is 10.4. The highest BCUT2D eigenvalue weighted by atomic mass is 35.5. The standard InChI is InChI=1S/C9H18N4O2.ClH/c1-11(2)8(14)12(3)9(15)13-6-4-10-5-7-13;/h10H,4-7H2,1-3H3;1H. The summed E-state index contributed by atoms with van der Waals surface area (Å²) in [5.41, 5.74) is 0. The second-order valence-corrected chi connectivity index (χ2v) is 3.76. The summed E-state index contributed by atoms with van der Waals surface area (Å²) in [6, 6.07) is -0.520. The van der Waals surface area contributed by atoms with Crippen molar-refractivity contribution in [2.24, 2.45) is 0 Å². The summed E-state index contributed by atoms with van der Waals surface area (Å²) in [7, 11) is 4.76. The van der Waals surface area contributed by atoms with Crippen molar-refractivity contribution >= 4 is 24.5 Å². The molecule has 0 aliphatic carbocycles. The van der Waals surface area contributed by atoms with Gasteiger partial charge in [0.1, 0.15) is 0 Å². The summed E-state index contributed by atoms with van der Waals surface area (Å²) in [5, 5.41) is 3.15. The molecule has 16 heavy (non-hydrogen) atoms. The number of urea groups is 2. The fourth-order valence-electron chi connectivity index (χ4n) is 1.45. The van der Waals surface area contributed by atoms with Gasteiger partial charge < -0.3 is 15.1 Å². The highest BCUT2D eigenvalue weighted by Crippen LogP contribution is 2.01. The van der Waals surface area contributed by atoms with Crippen LogP contribution < -0.4 is 5.32 Å². The van der Waals surface area contributed by atoms with E-state index in [9.17, 15) is 9.59 Å². The van der Waals surface area contributed by atoms with E-state index in [-0.39, 0.29) is 24.5 Å². The van der Waals surface area contributed by atoms with Gasteiger partial charge in [-0.1, -0.05) is 0 Å². The average Bonchev–Trinajstić information content (AvgIpc) is 2.27. The predicted molar refractivity (Wildman–Crippen MR) is 63.9 cm³/mol. The van der Waals surface area contributed by atoms with Gasteiger partial charge in [0.2, 0.25) is 0 Å². The van der Waals surface area contributed by atoms with E-state index in [0.29, 0.717) is 13.1 Å². The van der Waals surface area contributed by atoms with E-state index in [1.807, 2.05) is 0 Å². The van der Waals surface area contributed by atoms with Crippen LogP contribution in [0.4, 0.5) is 9.59 Å². The maximum atomic E-state index is 11.8. The topological polar surface area (TPSA) is 55.9 Å². The molecular formula is C9H19ClN4O2. The van der Waals surface area contributed by atoms with Crippen molar-refractivity contribution in [1.29, 1.82) is 0 Å². The summed E-state index contributed by atoms with van der Waals surface area (Å²) in [4.78, 5) is 27.5. The number of halogens is 1. The highest BCUT2D eigenvalue weighted by Gasteiger charge is 2.24. The maximum absolute atomic E-state index is 11.8. The Balaban J connectivity index is 0.00000225. The molecule has 1 aliphatic heterocycles. The predicted octanol–water partition coefficient (Wildman–Crippen LogP) is 0.0468. The molecule has 0 radical (unpaired) electrons. The number of carbonyl (C=O) groups excluding carboxylic acids is 2. The molecule has 0 aromatic rings. The van der Waals surface area contributed by atoms with Crippen LogP contribution in [0, 0.1) is 0 Å². The largest absolute Gasteiger partial charge is 0.330 e. The first-order valence-electron chi connectivity index (χ1n) is 4.98. The van der Waals surface area contributed by atoms with Crippen LogP contribution in [0.2, 0.25) is 0 Å². The lowest BCUT2D eigenvalue weighted by molar-refractivity contribution is 0.146. The molecule has 0 atom stereocenters. The Hall–Kier alpha value is -1.01. The fraction of sp³-hybridized carbons (Fsp3) is 0.778. The van der Waals surface area contributed by atoms with Crippen molar-refractivity contribution in [2.45, 2.75) is 0 Å². The van der Waals surface area contributed by atoms with Gasteiger partial charge in [0.15, 0.2) is 0 Å². The summed E-state index contributed by atoms with van der Waals surface area (Å²) in [5.74, 6) is 0. The average molecular weight is 251 g/mol. The van der Waals surface area contributed by atoms with Crippen molar-refractivity contribution in [3.8, 4) is 0 Å². The van der Waals surface area contributed by atoms with E-state index in [1.54, 1.807) is 19.0 Å². The molecule has 1 aliphatic rings. The third-order valence-electron chi connectivity index (χ3n) is 2.34. The molecule has 1 rings (SSSR count). The molecule has 6 nitrogen and oxygen atoms in total. The van der Waals surface area contributed by atoms with Gasteiger partial charge in [0.25, 0.3) is 0 Å². The van der Waals surface area contributed by atoms with E-state index < -0.39 is 0 Å². The number of nitrogens with one attached hydrogen (secondary N) is 1. The molecule has 7 heteroatoms. The monoisotopic (exact) mass is 250 g/mol. The van der Waals surface area contributed by atoms with Crippen molar-refractivity contribution in [3.05, 3.63) is 0 Å². The molecule has 0 saturated carbocycles. The van der Waals surface area contributed by atoms with Gasteiger partial charge in [0.05, 0.1) is 0 Å². The van der Waals surface area contributed by atoms with E-state index in [4.69, 9.17) is 0 Å². The Morgan fingerprint density at radius 3 is 2.06 bits per heavy atom. The lowest BCUT2D eigenvalue weighted by Gasteiger charge is -2.31. The number of imide groups is 1. The fourth-order valence-corrected chi connectivity index (χ4v) is 1.45. The van der Waals surface area contributed by atoms with Crippen molar-refractivity contribution in [2.75, 3.05) is 47.3 Å². The third kappa shape index (κ3) is 3.53. The Bertz CT molecular complexity index is 254. The third-order valence-corrected chi connectivity index (χ3v) is 2.34. The minimum atomic E-state index is -0.293. The van der Waals surface area contributed by atoms with Gasteiger partial charge in [0, 0.05) is 47.3 Å². The van der Waals surface area contributed by atoms with Gasteiger partial charge >= 0.3 is 12.1 Å². The van der Waals surface area contributed by atoms with Gasteiger partial charge in [-0.2, -0.15) is 0 Å². The minimum Gasteiger partial charge on any atom is -0.330 e. The van der Waals surface area contributed by atoms with Crippen molar-refractivity contribution in [3.63, 3.8) is 0 Å². The molecule has 0 unspecified atom stereocenters. The van der Waals surface area contributed by atoms with E-state index in [2.05, 4.69) is 5.32 Å². The van der Waals surface area contributed by atoms with Crippen molar-refractivity contribution in [1.82, 2.24) is 20.0 Å². The number of amides is 4. The van der Waals surface area contributed by atoms with Gasteiger partial charge in [-0.25, -0.2) is 14.5 Å². The quantitative estimate of drug-likeness (QED) is 0.661. The smallest absolute Gasteiger partial charge is 0.327 e. The Morgan fingerprint density at radius 1 is 1.12 bits per heavy atom. The first-order valence-corrected chi connectivity index (χ1v) is 4.98. The number of hydrogen-bond donors (Lipinski definition) is 1. The zero-order valence-electron chi connectivity index (χ0n) is 9.89. The number of hydrogen-bond acceptors (Lipinski definition) is 3. The SMILES string of the molecule is CN(C)C(=O)N(C)C(=O)N1CCNCC1.Cl. The first-order chi connectivity index (χ1) is 7.04. The normalized spacial score (nSPS) is 15.1. The molecule has 0 spiro atoms. The van der Waals surface area contributed by atoms with Crippen LogP contribution in [0.5, 0.6) is 0 Å².